The predicted octanol–water partition coefficient (Wildman–Crippen LogP) is 3.19. The van der Waals surface area contributed by atoms with Gasteiger partial charge in [0.1, 0.15) is 0 Å². The van der Waals surface area contributed by atoms with Gasteiger partial charge in [-0.15, -0.1) is 5.10 Å². The zero-order valence-electron chi connectivity index (χ0n) is 13.9. The van der Waals surface area contributed by atoms with Crippen molar-refractivity contribution in [2.45, 2.75) is 72.5 Å². The smallest absolute Gasteiger partial charge is 0.315 e. The molecular weight excluding hydrogens is 264 g/mol. The van der Waals surface area contributed by atoms with Crippen molar-refractivity contribution in [2.75, 3.05) is 5.32 Å². The Hall–Kier alpha value is -1.10. The van der Waals surface area contributed by atoms with Crippen LogP contribution in [0.3, 0.4) is 0 Å². The van der Waals surface area contributed by atoms with Crippen LogP contribution in [0.25, 0.3) is 0 Å². The lowest BCUT2D eigenvalue weighted by Crippen LogP contribution is -2.45. The fourth-order valence-electron chi connectivity index (χ4n) is 4.46. The summed E-state index contributed by atoms with van der Waals surface area (Å²) in [4.78, 5) is 0. The van der Waals surface area contributed by atoms with Crippen molar-refractivity contribution in [2.24, 2.45) is 16.7 Å². The highest BCUT2D eigenvalue weighted by Crippen LogP contribution is 2.63. The molecule has 2 N–H and O–H groups in total. The normalized spacial score (nSPS) is 33.8. The zero-order chi connectivity index (χ0) is 15.3. The van der Waals surface area contributed by atoms with E-state index >= 15 is 0 Å². The first-order valence-electron chi connectivity index (χ1n) is 8.13. The molecule has 5 nitrogen and oxygen atoms in total. The maximum atomic E-state index is 5.75. The first-order valence-corrected chi connectivity index (χ1v) is 8.13. The minimum atomic E-state index is 0.289. The Kier molecular flexibility index (Phi) is 3.51. The molecule has 2 fully saturated rings. The molecule has 1 heterocycles. The van der Waals surface area contributed by atoms with Gasteiger partial charge in [-0.3, -0.25) is 0 Å². The van der Waals surface area contributed by atoms with Crippen molar-refractivity contribution >= 4 is 6.01 Å². The summed E-state index contributed by atoms with van der Waals surface area (Å²) in [6.45, 7) is 12.0. The number of anilines is 1. The van der Waals surface area contributed by atoms with E-state index in [1.165, 1.54) is 19.3 Å². The third-order valence-corrected chi connectivity index (χ3v) is 5.67. The van der Waals surface area contributed by atoms with Gasteiger partial charge in [-0.2, -0.15) is 0 Å². The van der Waals surface area contributed by atoms with E-state index in [0.717, 1.165) is 5.92 Å². The minimum absolute atomic E-state index is 0.289. The molecule has 2 bridgehead atoms. The van der Waals surface area contributed by atoms with E-state index in [-0.39, 0.29) is 5.41 Å². The van der Waals surface area contributed by atoms with E-state index in [1.807, 2.05) is 0 Å². The SMILES string of the molecule is CC(C)NCc1nnc(NC2C3(C)CCC(C3)C2(C)C)o1. The van der Waals surface area contributed by atoms with Crippen LogP contribution < -0.4 is 10.6 Å². The Balaban J connectivity index is 1.69. The number of nitrogens with one attached hydrogen (secondary N) is 2. The third kappa shape index (κ3) is 2.56. The maximum absolute atomic E-state index is 5.75. The molecule has 0 spiro atoms. The van der Waals surface area contributed by atoms with Gasteiger partial charge in [-0.05, 0) is 36.0 Å². The molecule has 3 atom stereocenters. The summed E-state index contributed by atoms with van der Waals surface area (Å²) in [5.41, 5.74) is 0.650. The molecule has 3 rings (SSSR count). The first-order chi connectivity index (χ1) is 9.81. The van der Waals surface area contributed by atoms with Crippen LogP contribution in [0.4, 0.5) is 6.01 Å². The summed E-state index contributed by atoms with van der Waals surface area (Å²) < 4.78 is 5.75. The Morgan fingerprint density at radius 2 is 2.05 bits per heavy atom. The largest absolute Gasteiger partial charge is 0.407 e. The van der Waals surface area contributed by atoms with E-state index in [1.54, 1.807) is 0 Å². The fourth-order valence-corrected chi connectivity index (χ4v) is 4.46. The van der Waals surface area contributed by atoms with E-state index in [9.17, 15) is 0 Å². The number of aromatic nitrogens is 2. The molecule has 2 aliphatic rings. The van der Waals surface area contributed by atoms with Crippen molar-refractivity contribution in [3.8, 4) is 0 Å². The topological polar surface area (TPSA) is 63.0 Å². The fraction of sp³-hybridized carbons (Fsp3) is 0.875. The Morgan fingerprint density at radius 1 is 1.29 bits per heavy atom. The molecule has 0 radical (unpaired) electrons. The molecule has 1 aromatic heterocycles. The lowest BCUT2D eigenvalue weighted by molar-refractivity contribution is 0.153. The molecule has 0 aromatic carbocycles. The van der Waals surface area contributed by atoms with Crippen LogP contribution in [0.15, 0.2) is 4.42 Å². The monoisotopic (exact) mass is 292 g/mol. The van der Waals surface area contributed by atoms with Crippen LogP contribution in [0.1, 0.15) is 59.8 Å². The van der Waals surface area contributed by atoms with Crippen molar-refractivity contribution < 1.29 is 4.42 Å². The van der Waals surface area contributed by atoms with Crippen LogP contribution in [-0.2, 0) is 6.54 Å². The lowest BCUT2D eigenvalue weighted by Gasteiger charge is -2.42. The van der Waals surface area contributed by atoms with Gasteiger partial charge in [0.25, 0.3) is 0 Å². The molecular formula is C16H28N4O. The number of hydrogen-bond donors (Lipinski definition) is 2. The summed E-state index contributed by atoms with van der Waals surface area (Å²) in [5, 5.41) is 15.1. The zero-order valence-corrected chi connectivity index (χ0v) is 13.9. The van der Waals surface area contributed by atoms with Gasteiger partial charge in [0.15, 0.2) is 0 Å². The molecule has 1 aromatic rings. The minimum Gasteiger partial charge on any atom is -0.407 e. The first kappa shape index (κ1) is 14.8. The number of hydrogen-bond acceptors (Lipinski definition) is 5. The van der Waals surface area contributed by atoms with Gasteiger partial charge >= 0.3 is 6.01 Å². The average Bonchev–Trinajstić information content (AvgIpc) is 3.04. The molecule has 0 saturated heterocycles. The van der Waals surface area contributed by atoms with Crippen LogP contribution in [0, 0.1) is 16.7 Å². The van der Waals surface area contributed by atoms with E-state index < -0.39 is 0 Å². The molecule has 21 heavy (non-hydrogen) atoms. The lowest BCUT2D eigenvalue weighted by atomic mass is 9.68. The Morgan fingerprint density at radius 3 is 2.67 bits per heavy atom. The van der Waals surface area contributed by atoms with Crippen LogP contribution in [-0.4, -0.2) is 22.3 Å². The predicted molar refractivity (Wildman–Crippen MR) is 82.9 cm³/mol. The molecule has 2 aliphatic carbocycles. The second-order valence-corrected chi connectivity index (χ2v) is 8.03. The molecule has 118 valence electrons. The van der Waals surface area contributed by atoms with Crippen molar-refractivity contribution in [1.29, 1.82) is 0 Å². The van der Waals surface area contributed by atoms with E-state index in [0.29, 0.717) is 35.9 Å². The van der Waals surface area contributed by atoms with Gasteiger partial charge in [0, 0.05) is 12.1 Å². The highest BCUT2D eigenvalue weighted by atomic mass is 16.4. The summed E-state index contributed by atoms with van der Waals surface area (Å²) in [6.07, 6.45) is 3.97. The van der Waals surface area contributed by atoms with Crippen molar-refractivity contribution in [1.82, 2.24) is 15.5 Å². The van der Waals surface area contributed by atoms with Crippen LogP contribution in [0.5, 0.6) is 0 Å². The number of nitrogens with zero attached hydrogens (tertiary/aromatic N) is 2. The Bertz CT molecular complexity index is 505. The van der Waals surface area contributed by atoms with Crippen molar-refractivity contribution in [3.63, 3.8) is 0 Å². The molecule has 0 amide bonds. The van der Waals surface area contributed by atoms with Gasteiger partial charge in [0.2, 0.25) is 5.89 Å². The van der Waals surface area contributed by atoms with Gasteiger partial charge in [-0.1, -0.05) is 39.7 Å². The summed E-state index contributed by atoms with van der Waals surface area (Å²) >= 11 is 0. The highest BCUT2D eigenvalue weighted by molar-refractivity contribution is 5.28. The van der Waals surface area contributed by atoms with Gasteiger partial charge in [-0.25, -0.2) is 0 Å². The summed E-state index contributed by atoms with van der Waals surface area (Å²) in [6, 6.07) is 1.40. The standard InChI is InChI=1S/C16H28N4O/c1-10(2)17-9-12-19-20-14(21-12)18-13-15(3,4)11-6-7-16(13,5)8-11/h10-11,13,17H,6-9H2,1-5H3,(H,18,20). The highest BCUT2D eigenvalue weighted by Gasteiger charge is 2.59. The van der Waals surface area contributed by atoms with Crippen molar-refractivity contribution in [3.05, 3.63) is 5.89 Å². The summed E-state index contributed by atoms with van der Waals surface area (Å²) in [5.74, 6) is 1.46. The second-order valence-electron chi connectivity index (χ2n) is 8.03. The number of fused-ring (bicyclic) bond motifs is 2. The molecule has 5 heteroatoms. The summed E-state index contributed by atoms with van der Waals surface area (Å²) in [7, 11) is 0. The molecule has 0 aliphatic heterocycles. The third-order valence-electron chi connectivity index (χ3n) is 5.67. The average molecular weight is 292 g/mol. The number of rotatable bonds is 5. The van der Waals surface area contributed by atoms with Gasteiger partial charge in [0.05, 0.1) is 6.54 Å². The van der Waals surface area contributed by atoms with E-state index in [2.05, 4.69) is 55.4 Å². The maximum Gasteiger partial charge on any atom is 0.315 e. The van der Waals surface area contributed by atoms with Crippen LogP contribution in [0.2, 0.25) is 0 Å². The van der Waals surface area contributed by atoms with E-state index in [4.69, 9.17) is 4.42 Å². The molecule has 3 unspecified atom stereocenters. The Labute approximate surface area is 127 Å². The quantitative estimate of drug-likeness (QED) is 0.872. The molecule has 2 saturated carbocycles. The second kappa shape index (κ2) is 4.97. The van der Waals surface area contributed by atoms with Crippen LogP contribution >= 0.6 is 0 Å². The van der Waals surface area contributed by atoms with Gasteiger partial charge < -0.3 is 15.1 Å².